The maximum atomic E-state index is 16.1. The number of nitrogens with one attached hydrogen (secondary N) is 2. The molecule has 10 rings (SSSR count). The van der Waals surface area contributed by atoms with E-state index in [0.717, 1.165) is 42.8 Å². The number of nitro benzene ring substituents is 1. The largest absolute Gasteiger partial charge is 0.496 e. The van der Waals surface area contributed by atoms with Crippen LogP contribution in [0.3, 0.4) is 0 Å². The van der Waals surface area contributed by atoms with Crippen LogP contribution in [0, 0.1) is 28.4 Å². The summed E-state index contributed by atoms with van der Waals surface area (Å²) in [6, 6.07) is 17.4. The zero-order valence-corrected chi connectivity index (χ0v) is 48.4. The lowest BCUT2D eigenvalue weighted by molar-refractivity contribution is -0.384. The van der Waals surface area contributed by atoms with Crippen molar-refractivity contribution in [2.75, 3.05) is 59.4 Å². The number of alkyl halides is 3. The summed E-state index contributed by atoms with van der Waals surface area (Å²) in [5, 5.41) is 41.1. The number of aryl methyl sites for hydroxylation is 1. The summed E-state index contributed by atoms with van der Waals surface area (Å²) in [7, 11) is -6.22. The van der Waals surface area contributed by atoms with E-state index in [9.17, 15) is 51.5 Å². The fourth-order valence-corrected chi connectivity index (χ4v) is 16.9. The van der Waals surface area contributed by atoms with Gasteiger partial charge >= 0.3 is 24.1 Å². The maximum Gasteiger partial charge on any atom is 0.490 e. The Morgan fingerprint density at radius 2 is 1.56 bits per heavy atom. The minimum Gasteiger partial charge on any atom is -0.496 e. The molecule has 1 saturated carbocycles. The number of nitrogens with zero attached hydrogens (tertiary/aromatic N) is 3. The van der Waals surface area contributed by atoms with Crippen molar-refractivity contribution >= 4 is 60.3 Å². The van der Waals surface area contributed by atoms with Crippen LogP contribution < -0.4 is 10.1 Å². The number of ether oxygens (including phenoxy) is 4. The van der Waals surface area contributed by atoms with Crippen LogP contribution in [-0.2, 0) is 70.2 Å². The number of aliphatic hydroxyl groups is 2. The number of anilines is 1. The van der Waals surface area contributed by atoms with E-state index in [-0.39, 0.29) is 46.7 Å². The summed E-state index contributed by atoms with van der Waals surface area (Å²) in [5.41, 5.74) is -8.33. The zero-order valence-electron chi connectivity index (χ0n) is 46.7. The molecule has 5 heterocycles. The predicted molar refractivity (Wildman–Crippen MR) is 296 cm³/mol. The molecule has 4 N–H and O–H groups in total. The number of carbonyl (C=O) groups excluding carboxylic acids is 3. The van der Waals surface area contributed by atoms with E-state index in [1.807, 2.05) is 19.1 Å². The number of carbonyl (C=O) groups is 3. The molecule has 5 aromatic rings. The summed E-state index contributed by atoms with van der Waals surface area (Å²) >= 11 is 0. The molecule has 450 valence electrons. The van der Waals surface area contributed by atoms with Crippen molar-refractivity contribution in [3.8, 4) is 5.75 Å². The van der Waals surface area contributed by atoms with Gasteiger partial charge in [-0.3, -0.25) is 24.0 Å². The number of hydrogen-bond donors (Lipinski definition) is 4. The number of nitro groups is 1. The summed E-state index contributed by atoms with van der Waals surface area (Å²) in [5.74, 6) is -6.46. The van der Waals surface area contributed by atoms with Crippen molar-refractivity contribution in [1.82, 2.24) is 14.2 Å². The Morgan fingerprint density at radius 1 is 0.881 bits per heavy atom. The SMILES string of the molecule is CC[C@]1(OC(=O)C(F)(F)F)C[C@H](COS(=O)(=O)c2ccc(C)cc2)C[C@](C(=O)OC)(c2cc3c(cc2OC)N[C@@H]2[C@@](O)(C(=O)OC)[C@H](O)[C@]4(CC)C=CCN5CC[C@]32[C@@H]54)c2[nH]c3ccccc3c2CCN(S(=O)(=O)c2ccc([N+](=O)[O-])cc2)C1. The highest BCUT2D eigenvalue weighted by Gasteiger charge is 2.78. The molecule has 1 aromatic heterocycles. The Hall–Kier alpha value is -6.94. The molecule has 26 heteroatoms. The van der Waals surface area contributed by atoms with Gasteiger partial charge in [0.25, 0.3) is 15.8 Å². The minimum atomic E-state index is -5.67. The number of methoxy groups -OCH3 is 3. The first-order valence-corrected chi connectivity index (χ1v) is 30.1. The molecule has 4 aliphatic heterocycles. The van der Waals surface area contributed by atoms with Gasteiger partial charge in [0.1, 0.15) is 22.9 Å². The predicted octanol–water partition coefficient (Wildman–Crippen LogP) is 6.51. The smallest absolute Gasteiger partial charge is 0.490 e. The Labute approximate surface area is 482 Å². The number of benzene rings is 4. The molecule has 1 spiro atoms. The van der Waals surface area contributed by atoms with E-state index in [1.165, 1.54) is 38.3 Å². The van der Waals surface area contributed by atoms with E-state index < -0.39 is 150 Å². The number of sulfonamides is 1. The lowest BCUT2D eigenvalue weighted by atomic mass is 9.48. The standard InChI is InChI=1S/C58H64F3N5O16S2/c1-7-53(82-52(70)58(59,60)61)30-35(32-81-84(76,77)38-18-14-34(3)15-19-38)31-56(50(68)79-5,46-40(39-12-9-10-13-43(39)62-46)22-26-65(33-53)83(74,75)37-20-16-36(17-21-37)66(72)73)42-28-41-44(29-45(42)78-4)63-47-55(41)24-27-64-25-11-23-54(8-2,48(55)64)49(67)57(47,71)51(69)80-6/h9-21,23,28-29,35,47-49,62-63,67,71H,7-8,22,24-27,30-33H2,1-6H3/t35-,47-,48-,49+,53-,54+,55-,56-,57-/m0/s1. The quantitative estimate of drug-likeness (QED) is 0.0230. The molecule has 84 heavy (non-hydrogen) atoms. The summed E-state index contributed by atoms with van der Waals surface area (Å²) in [6.07, 6.45) is -5.60. The van der Waals surface area contributed by atoms with Crippen molar-refractivity contribution < 1.29 is 82.7 Å². The summed E-state index contributed by atoms with van der Waals surface area (Å²) < 4.78 is 133. The number of hydrogen-bond acceptors (Lipinski definition) is 18. The number of non-ortho nitro benzene ring substituents is 1. The third-order valence-corrected chi connectivity index (χ3v) is 21.4. The molecular formula is C58H64F3N5O16S2. The Bertz CT molecular complexity index is 3710. The minimum absolute atomic E-state index is 0.0234. The Morgan fingerprint density at radius 3 is 2.19 bits per heavy atom. The first-order valence-electron chi connectivity index (χ1n) is 27.3. The molecule has 2 fully saturated rings. The fraction of sp³-hybridized carbons (Fsp3) is 0.466. The van der Waals surface area contributed by atoms with E-state index in [4.69, 9.17) is 23.1 Å². The van der Waals surface area contributed by atoms with Crippen LogP contribution in [0.1, 0.15) is 73.9 Å². The molecule has 0 bridgehead atoms. The molecule has 1 saturated heterocycles. The molecular weight excluding hydrogens is 1140 g/mol. The number of halogens is 3. The fourth-order valence-electron chi connectivity index (χ4n) is 14.5. The Kier molecular flexibility index (Phi) is 15.4. The number of aromatic amines is 1. The normalized spacial score (nSPS) is 28.8. The van der Waals surface area contributed by atoms with Gasteiger partial charge in [-0.2, -0.15) is 25.9 Å². The van der Waals surface area contributed by atoms with Crippen LogP contribution in [0.5, 0.6) is 5.75 Å². The van der Waals surface area contributed by atoms with Gasteiger partial charge in [0.15, 0.2) is 0 Å². The first kappa shape index (κ1) is 60.2. The third-order valence-electron chi connectivity index (χ3n) is 18.3. The van der Waals surface area contributed by atoms with Crippen LogP contribution in [0.15, 0.2) is 107 Å². The average molecular weight is 1210 g/mol. The maximum absolute atomic E-state index is 16.1. The number of esters is 3. The molecule has 1 aliphatic carbocycles. The van der Waals surface area contributed by atoms with Crippen LogP contribution in [0.4, 0.5) is 24.5 Å². The Balaban J connectivity index is 1.28. The molecule has 9 atom stereocenters. The molecule has 5 aliphatic rings. The van der Waals surface area contributed by atoms with Gasteiger partial charge in [0.2, 0.25) is 15.6 Å². The number of H-pyrrole nitrogens is 1. The van der Waals surface area contributed by atoms with Gasteiger partial charge in [-0.15, -0.1) is 0 Å². The van der Waals surface area contributed by atoms with Gasteiger partial charge < -0.3 is 39.5 Å². The molecule has 4 aromatic carbocycles. The topological polar surface area (TPSA) is 284 Å². The van der Waals surface area contributed by atoms with Crippen molar-refractivity contribution in [3.05, 3.63) is 135 Å². The van der Waals surface area contributed by atoms with Crippen LogP contribution in [0.2, 0.25) is 0 Å². The number of rotatable bonds is 14. The number of fused-ring (bicyclic) bond motifs is 4. The summed E-state index contributed by atoms with van der Waals surface area (Å²) in [4.78, 5) is 59.5. The van der Waals surface area contributed by atoms with Gasteiger partial charge in [0.05, 0.1) is 55.2 Å². The average Bonchev–Trinajstić information content (AvgIpc) is 1.47. The van der Waals surface area contributed by atoms with E-state index >= 15 is 13.2 Å². The lowest BCUT2D eigenvalue weighted by Crippen LogP contribution is -2.79. The number of aromatic nitrogens is 1. The second-order valence-corrected chi connectivity index (χ2v) is 26.0. The molecule has 0 amide bonds. The van der Waals surface area contributed by atoms with Crippen LogP contribution in [0.25, 0.3) is 10.9 Å². The van der Waals surface area contributed by atoms with E-state index in [0.29, 0.717) is 40.8 Å². The second-order valence-electron chi connectivity index (χ2n) is 22.5. The molecule has 0 radical (unpaired) electrons. The summed E-state index contributed by atoms with van der Waals surface area (Å²) in [6.45, 7) is 3.16. The van der Waals surface area contributed by atoms with Gasteiger partial charge in [0, 0.05) is 76.0 Å². The highest BCUT2D eigenvalue weighted by molar-refractivity contribution is 7.89. The van der Waals surface area contributed by atoms with Crippen molar-refractivity contribution in [3.63, 3.8) is 0 Å². The second kappa shape index (κ2) is 21.5. The molecule has 0 unspecified atom stereocenters. The number of aliphatic hydroxyl groups excluding tert-OH is 1. The first-order chi connectivity index (χ1) is 39.7. The van der Waals surface area contributed by atoms with Crippen LogP contribution in [-0.4, -0.2) is 154 Å². The van der Waals surface area contributed by atoms with Crippen molar-refractivity contribution in [2.24, 2.45) is 11.3 Å². The number of para-hydroxylation sites is 1. The third kappa shape index (κ3) is 9.33. The van der Waals surface area contributed by atoms with Gasteiger partial charge in [-0.25, -0.2) is 18.0 Å². The van der Waals surface area contributed by atoms with Crippen molar-refractivity contribution in [2.45, 2.75) is 115 Å². The monoisotopic (exact) mass is 1210 g/mol. The lowest BCUT2D eigenvalue weighted by Gasteiger charge is -2.62. The van der Waals surface area contributed by atoms with Gasteiger partial charge in [-0.1, -0.05) is 61.9 Å². The van der Waals surface area contributed by atoms with Crippen molar-refractivity contribution in [1.29, 1.82) is 0 Å². The highest BCUT2D eigenvalue weighted by Crippen LogP contribution is 2.66. The highest BCUT2D eigenvalue weighted by atomic mass is 32.2. The van der Waals surface area contributed by atoms with Crippen LogP contribution >= 0.6 is 0 Å². The van der Waals surface area contributed by atoms with E-state index in [1.54, 1.807) is 43.3 Å². The molecule has 21 nitrogen and oxygen atoms in total. The van der Waals surface area contributed by atoms with E-state index in [2.05, 4.69) is 15.2 Å². The van der Waals surface area contributed by atoms with Gasteiger partial charge in [-0.05, 0) is 105 Å². The zero-order chi connectivity index (χ0) is 60.7.